The molecule has 0 spiro atoms. The Balaban J connectivity index is 1.74. The number of halogens is 1. The van der Waals surface area contributed by atoms with Crippen LogP contribution < -0.4 is 20.5 Å². The highest BCUT2D eigenvalue weighted by Gasteiger charge is 2.30. The van der Waals surface area contributed by atoms with Crippen molar-refractivity contribution in [2.45, 2.75) is 66.2 Å². The molecule has 1 unspecified atom stereocenters. The number of nitrogens with zero attached hydrogens (tertiary/aromatic N) is 3. The van der Waals surface area contributed by atoms with Crippen molar-refractivity contribution >= 4 is 33.6 Å². The maximum Gasteiger partial charge on any atom is 0.443 e. The summed E-state index contributed by atoms with van der Waals surface area (Å²) in [5, 5.41) is 5.71. The van der Waals surface area contributed by atoms with E-state index < -0.39 is 23.6 Å². The predicted molar refractivity (Wildman–Crippen MR) is 162 cm³/mol. The van der Waals surface area contributed by atoms with Gasteiger partial charge in [-0.3, -0.25) is 4.79 Å². The lowest BCUT2D eigenvalue weighted by atomic mass is 10.1. The summed E-state index contributed by atoms with van der Waals surface area (Å²) in [7, 11) is 3.22. The Morgan fingerprint density at radius 2 is 1.79 bits per heavy atom. The molecular formula is C32H39FN4O5. The third-order valence-electron chi connectivity index (χ3n) is 6.77. The van der Waals surface area contributed by atoms with Crippen molar-refractivity contribution in [1.82, 2.24) is 14.6 Å². The number of pyridine rings is 2. The normalized spacial score (nSPS) is 12.4. The quantitative estimate of drug-likeness (QED) is 0.172. The Hall–Kier alpha value is -4.34. The predicted octanol–water partition coefficient (Wildman–Crippen LogP) is 6.81. The zero-order valence-corrected chi connectivity index (χ0v) is 25.4. The van der Waals surface area contributed by atoms with Crippen LogP contribution in [-0.2, 0) is 18.3 Å². The van der Waals surface area contributed by atoms with Crippen LogP contribution >= 0.6 is 0 Å². The van der Waals surface area contributed by atoms with E-state index in [1.165, 1.54) is 16.7 Å². The first-order valence-electron chi connectivity index (χ1n) is 14.0. The minimum Gasteiger partial charge on any atom is -0.497 e. The van der Waals surface area contributed by atoms with Crippen LogP contribution in [0.2, 0.25) is 0 Å². The Morgan fingerprint density at radius 1 is 1.10 bits per heavy atom. The minimum absolute atomic E-state index is 0.190. The van der Waals surface area contributed by atoms with Crippen molar-refractivity contribution in [2.75, 3.05) is 12.4 Å². The number of rotatable bonds is 9. The molecule has 0 fully saturated rings. The Labute approximate surface area is 245 Å². The van der Waals surface area contributed by atoms with Crippen LogP contribution in [0.3, 0.4) is 0 Å². The van der Waals surface area contributed by atoms with Crippen molar-refractivity contribution in [3.05, 3.63) is 70.4 Å². The molecule has 1 atom stereocenters. The molecule has 1 N–H and O–H groups in total. The average molecular weight is 579 g/mol. The molecule has 0 radical (unpaired) electrons. The van der Waals surface area contributed by atoms with Crippen LogP contribution in [0.25, 0.3) is 21.7 Å². The number of amides is 1. The van der Waals surface area contributed by atoms with Gasteiger partial charge in [0.2, 0.25) is 0 Å². The number of fused-ring (bicyclic) bond motifs is 3. The number of hydrogen-bond donors (Lipinski definition) is 1. The molecule has 9 nitrogen and oxygen atoms in total. The number of carbonyl (C=O) groups excluding carboxylic acids is 1. The topological polar surface area (TPSA) is 94.9 Å². The van der Waals surface area contributed by atoms with Crippen LogP contribution in [0.15, 0.2) is 53.5 Å². The van der Waals surface area contributed by atoms with Gasteiger partial charge in [0.15, 0.2) is 11.6 Å². The SMILES string of the molecule is COc1ccc(CNc2nccc3c2c(=O)n(C)c2cc(ON(C(=O)OC(C)(C)C)C(C)CC(C)C)c(F)cc32)cc1. The average Bonchev–Trinajstić information content (AvgIpc) is 2.92. The zero-order valence-electron chi connectivity index (χ0n) is 25.4. The highest BCUT2D eigenvalue weighted by Crippen LogP contribution is 2.32. The van der Waals surface area contributed by atoms with Gasteiger partial charge in [-0.15, -0.1) is 5.06 Å². The van der Waals surface area contributed by atoms with E-state index in [1.54, 1.807) is 47.2 Å². The molecule has 0 bridgehead atoms. The summed E-state index contributed by atoms with van der Waals surface area (Å²) < 4.78 is 27.9. The third kappa shape index (κ3) is 6.75. The van der Waals surface area contributed by atoms with Gasteiger partial charge in [0.25, 0.3) is 5.56 Å². The first-order valence-corrected chi connectivity index (χ1v) is 14.0. The molecular weight excluding hydrogens is 539 g/mol. The van der Waals surface area contributed by atoms with E-state index >= 15 is 4.39 Å². The Morgan fingerprint density at radius 3 is 2.40 bits per heavy atom. The summed E-state index contributed by atoms with van der Waals surface area (Å²) in [5.74, 6) is 0.521. The fraction of sp³-hybridized carbons (Fsp3) is 0.406. The smallest absolute Gasteiger partial charge is 0.443 e. The maximum absolute atomic E-state index is 15.7. The van der Waals surface area contributed by atoms with Crippen molar-refractivity contribution < 1.29 is 23.5 Å². The number of carbonyl (C=O) groups is 1. The molecule has 1 amide bonds. The fourth-order valence-corrected chi connectivity index (χ4v) is 4.85. The summed E-state index contributed by atoms with van der Waals surface area (Å²) in [6.45, 7) is 11.5. The van der Waals surface area contributed by atoms with Gasteiger partial charge in [-0.2, -0.15) is 0 Å². The van der Waals surface area contributed by atoms with Gasteiger partial charge >= 0.3 is 6.09 Å². The molecule has 0 aliphatic rings. The third-order valence-corrected chi connectivity index (χ3v) is 6.77. The van der Waals surface area contributed by atoms with E-state index in [0.29, 0.717) is 40.5 Å². The molecule has 42 heavy (non-hydrogen) atoms. The number of hydroxylamine groups is 2. The summed E-state index contributed by atoms with van der Waals surface area (Å²) in [4.78, 5) is 37.0. The van der Waals surface area contributed by atoms with Crippen LogP contribution in [0.5, 0.6) is 11.5 Å². The van der Waals surface area contributed by atoms with E-state index in [4.69, 9.17) is 14.3 Å². The van der Waals surface area contributed by atoms with Crippen molar-refractivity contribution in [2.24, 2.45) is 13.0 Å². The van der Waals surface area contributed by atoms with Gasteiger partial charge < -0.3 is 24.2 Å². The number of methoxy groups -OCH3 is 1. The summed E-state index contributed by atoms with van der Waals surface area (Å²) in [6, 6.07) is 11.6. The summed E-state index contributed by atoms with van der Waals surface area (Å²) in [6.07, 6.45) is 1.47. The molecule has 0 aliphatic heterocycles. The lowest BCUT2D eigenvalue weighted by Crippen LogP contribution is -2.45. The largest absolute Gasteiger partial charge is 0.497 e. The van der Waals surface area contributed by atoms with Gasteiger partial charge in [0, 0.05) is 36.6 Å². The number of nitrogens with one attached hydrogen (secondary N) is 1. The lowest BCUT2D eigenvalue weighted by Gasteiger charge is -2.31. The fourth-order valence-electron chi connectivity index (χ4n) is 4.85. The maximum atomic E-state index is 15.7. The molecule has 0 saturated carbocycles. The minimum atomic E-state index is -0.770. The van der Waals surface area contributed by atoms with Gasteiger partial charge in [-0.05, 0) is 69.9 Å². The molecule has 2 heterocycles. The van der Waals surface area contributed by atoms with E-state index in [9.17, 15) is 9.59 Å². The van der Waals surface area contributed by atoms with E-state index in [1.807, 2.05) is 45.0 Å². The molecule has 224 valence electrons. The Kier molecular flexibility index (Phi) is 8.94. The lowest BCUT2D eigenvalue weighted by molar-refractivity contribution is -0.0983. The molecule has 4 rings (SSSR count). The molecule has 10 heteroatoms. The number of aromatic nitrogens is 2. The van der Waals surface area contributed by atoms with E-state index in [0.717, 1.165) is 16.4 Å². The standard InChI is InChI=1S/C32H39FN4O5/c1-19(2)15-20(3)37(31(39)41-32(4,5)6)42-27-17-26-24(16-25(27)33)23-13-14-34-29(28(23)30(38)36(26)7)35-18-21-9-11-22(40-8)12-10-21/h9-14,16-17,19-20H,15,18H2,1-8H3,(H,34,35). The Bertz CT molecular complexity index is 1640. The molecule has 0 saturated heterocycles. The molecule has 0 aliphatic carbocycles. The molecule has 2 aromatic heterocycles. The highest BCUT2D eigenvalue weighted by molar-refractivity contribution is 6.09. The van der Waals surface area contributed by atoms with Crippen LogP contribution in [-0.4, -0.2) is 39.5 Å². The zero-order chi connectivity index (χ0) is 30.8. The second kappa shape index (κ2) is 12.3. The van der Waals surface area contributed by atoms with Crippen LogP contribution in [0.1, 0.15) is 53.5 Å². The molecule has 2 aromatic carbocycles. The van der Waals surface area contributed by atoms with Crippen molar-refractivity contribution in [1.29, 1.82) is 0 Å². The van der Waals surface area contributed by atoms with E-state index in [-0.39, 0.29) is 17.2 Å². The van der Waals surface area contributed by atoms with Gasteiger partial charge in [0.1, 0.15) is 17.2 Å². The van der Waals surface area contributed by atoms with Crippen molar-refractivity contribution in [3.8, 4) is 11.5 Å². The second-order valence-corrected chi connectivity index (χ2v) is 11.8. The monoisotopic (exact) mass is 578 g/mol. The first-order chi connectivity index (χ1) is 19.8. The van der Waals surface area contributed by atoms with Crippen LogP contribution in [0.4, 0.5) is 15.0 Å². The van der Waals surface area contributed by atoms with Gasteiger partial charge in [-0.25, -0.2) is 14.2 Å². The number of hydrogen-bond acceptors (Lipinski definition) is 7. The van der Waals surface area contributed by atoms with Gasteiger partial charge in [0.05, 0.1) is 24.1 Å². The number of benzene rings is 2. The summed E-state index contributed by atoms with van der Waals surface area (Å²) in [5.41, 5.74) is 0.337. The van der Waals surface area contributed by atoms with Gasteiger partial charge in [-0.1, -0.05) is 26.0 Å². The highest BCUT2D eigenvalue weighted by atomic mass is 19.1. The van der Waals surface area contributed by atoms with E-state index in [2.05, 4.69) is 10.3 Å². The number of aryl methyl sites for hydroxylation is 1. The second-order valence-electron chi connectivity index (χ2n) is 11.8. The summed E-state index contributed by atoms with van der Waals surface area (Å²) >= 11 is 0. The van der Waals surface area contributed by atoms with Crippen molar-refractivity contribution in [3.63, 3.8) is 0 Å². The molecule has 4 aromatic rings. The first kappa shape index (κ1) is 30.6. The number of ether oxygens (including phenoxy) is 2. The van der Waals surface area contributed by atoms with Crippen LogP contribution in [0, 0.1) is 11.7 Å². The number of anilines is 1.